The molecular formula is C10H19I2N. The summed E-state index contributed by atoms with van der Waals surface area (Å²) in [5.74, 6) is 2.22. The van der Waals surface area contributed by atoms with Gasteiger partial charge in [-0.3, -0.25) is 3.53 Å². The normalized spacial score (nSPS) is 26.3. The highest BCUT2D eigenvalue weighted by Crippen LogP contribution is 2.44. The molecule has 0 bridgehead atoms. The summed E-state index contributed by atoms with van der Waals surface area (Å²) in [5.41, 5.74) is 0. The summed E-state index contributed by atoms with van der Waals surface area (Å²) in [4.78, 5) is 0. The predicted octanol–water partition coefficient (Wildman–Crippen LogP) is 3.95. The van der Waals surface area contributed by atoms with Crippen LogP contribution in [0.25, 0.3) is 0 Å². The summed E-state index contributed by atoms with van der Waals surface area (Å²) in [6.45, 7) is 1.18. The van der Waals surface area contributed by atoms with Crippen molar-refractivity contribution >= 4 is 45.5 Å². The second-order valence-electron chi connectivity index (χ2n) is 3.97. The minimum Gasteiger partial charge on any atom is -0.261 e. The van der Waals surface area contributed by atoms with Crippen LogP contribution in [0.5, 0.6) is 0 Å². The number of rotatable bonds is 8. The van der Waals surface area contributed by atoms with Gasteiger partial charge in [0.25, 0.3) is 0 Å². The van der Waals surface area contributed by atoms with Crippen LogP contribution in [-0.4, -0.2) is 11.0 Å². The van der Waals surface area contributed by atoms with E-state index in [1.54, 1.807) is 0 Å². The standard InChI is InChI=1S/C10H19I2N/c11-6-5-10-8-9(10)4-2-1-3-7-13-12/h9-10,13H,1-8H2. The number of nitrogens with one attached hydrogen (secondary N) is 1. The zero-order valence-corrected chi connectivity index (χ0v) is 12.4. The fourth-order valence-electron chi connectivity index (χ4n) is 1.93. The lowest BCUT2D eigenvalue weighted by Gasteiger charge is -1.99. The summed E-state index contributed by atoms with van der Waals surface area (Å²) in [7, 11) is 0. The first-order valence-corrected chi connectivity index (χ1v) is 7.88. The molecule has 1 rings (SSSR count). The lowest BCUT2D eigenvalue weighted by molar-refractivity contribution is 0.568. The molecule has 1 fully saturated rings. The smallest absolute Gasteiger partial charge is 0.0169 e. The molecule has 0 aromatic carbocycles. The summed E-state index contributed by atoms with van der Waals surface area (Å²) in [6.07, 6.45) is 8.74. The predicted molar refractivity (Wildman–Crippen MR) is 75.6 cm³/mol. The molecule has 1 nitrogen and oxygen atoms in total. The van der Waals surface area contributed by atoms with Crippen molar-refractivity contribution in [3.05, 3.63) is 0 Å². The fourth-order valence-corrected chi connectivity index (χ4v) is 3.11. The first kappa shape index (κ1) is 12.5. The van der Waals surface area contributed by atoms with Gasteiger partial charge >= 0.3 is 0 Å². The number of alkyl halides is 1. The van der Waals surface area contributed by atoms with E-state index < -0.39 is 0 Å². The van der Waals surface area contributed by atoms with Gasteiger partial charge in [-0.2, -0.15) is 0 Å². The minimum atomic E-state index is 1.11. The van der Waals surface area contributed by atoms with E-state index in [1.165, 1.54) is 49.5 Å². The summed E-state index contributed by atoms with van der Waals surface area (Å²) in [5, 5.41) is 0. The Kier molecular flexibility index (Phi) is 7.38. The zero-order chi connectivity index (χ0) is 9.52. The van der Waals surface area contributed by atoms with E-state index in [0.717, 1.165) is 11.8 Å². The highest BCUT2D eigenvalue weighted by molar-refractivity contribution is 14.1. The molecule has 1 saturated carbocycles. The van der Waals surface area contributed by atoms with Crippen LogP contribution in [0.2, 0.25) is 0 Å². The third-order valence-electron chi connectivity index (χ3n) is 2.90. The molecule has 0 spiro atoms. The molecule has 0 heterocycles. The van der Waals surface area contributed by atoms with Crippen molar-refractivity contribution in [2.24, 2.45) is 11.8 Å². The van der Waals surface area contributed by atoms with Crippen molar-refractivity contribution < 1.29 is 0 Å². The van der Waals surface area contributed by atoms with Gasteiger partial charge in [0.1, 0.15) is 0 Å². The SMILES string of the molecule is ICCC1CC1CCCCCNI. The van der Waals surface area contributed by atoms with Gasteiger partial charge in [0.2, 0.25) is 0 Å². The molecule has 0 saturated heterocycles. The van der Waals surface area contributed by atoms with Gasteiger partial charge in [-0.25, -0.2) is 0 Å². The molecule has 0 amide bonds. The molecule has 1 N–H and O–H groups in total. The number of unbranched alkanes of at least 4 members (excludes halogenated alkanes) is 2. The summed E-state index contributed by atoms with van der Waals surface area (Å²) >= 11 is 4.73. The van der Waals surface area contributed by atoms with Crippen molar-refractivity contribution in [1.82, 2.24) is 3.53 Å². The van der Waals surface area contributed by atoms with Crippen molar-refractivity contribution in [3.8, 4) is 0 Å². The molecule has 1 aliphatic carbocycles. The number of hydrogen-bond acceptors (Lipinski definition) is 1. The molecule has 0 aromatic heterocycles. The van der Waals surface area contributed by atoms with Crippen molar-refractivity contribution in [3.63, 3.8) is 0 Å². The summed E-state index contributed by atoms with van der Waals surface area (Å²) < 4.78 is 4.53. The Hall–Kier alpha value is 1.42. The van der Waals surface area contributed by atoms with Gasteiger partial charge in [-0.05, 0) is 35.5 Å². The van der Waals surface area contributed by atoms with Crippen LogP contribution in [0.1, 0.15) is 38.5 Å². The Morgan fingerprint density at radius 1 is 1.08 bits per heavy atom. The van der Waals surface area contributed by atoms with Crippen molar-refractivity contribution in [2.75, 3.05) is 11.0 Å². The molecule has 0 aliphatic heterocycles. The van der Waals surface area contributed by atoms with Crippen molar-refractivity contribution in [2.45, 2.75) is 38.5 Å². The van der Waals surface area contributed by atoms with Crippen LogP contribution >= 0.6 is 45.5 Å². The maximum Gasteiger partial charge on any atom is 0.0169 e. The molecule has 78 valence electrons. The van der Waals surface area contributed by atoms with E-state index in [-0.39, 0.29) is 0 Å². The molecule has 2 unspecified atom stereocenters. The molecule has 0 radical (unpaired) electrons. The fraction of sp³-hybridized carbons (Fsp3) is 1.00. The molecule has 13 heavy (non-hydrogen) atoms. The number of halogens is 2. The van der Waals surface area contributed by atoms with E-state index >= 15 is 0 Å². The Labute approximate surface area is 109 Å². The van der Waals surface area contributed by atoms with E-state index in [0.29, 0.717) is 0 Å². The lowest BCUT2D eigenvalue weighted by atomic mass is 10.1. The van der Waals surface area contributed by atoms with Gasteiger partial charge in [0.05, 0.1) is 0 Å². The molecule has 2 atom stereocenters. The second kappa shape index (κ2) is 7.68. The Balaban J connectivity index is 1.80. The first-order chi connectivity index (χ1) is 6.38. The van der Waals surface area contributed by atoms with Gasteiger partial charge in [0.15, 0.2) is 0 Å². The van der Waals surface area contributed by atoms with Crippen LogP contribution < -0.4 is 3.53 Å². The third kappa shape index (κ3) is 5.77. The largest absolute Gasteiger partial charge is 0.261 e. The van der Waals surface area contributed by atoms with Gasteiger partial charge in [-0.15, -0.1) is 0 Å². The summed E-state index contributed by atoms with van der Waals surface area (Å²) in [6, 6.07) is 0. The Morgan fingerprint density at radius 3 is 2.54 bits per heavy atom. The molecule has 1 aliphatic rings. The lowest BCUT2D eigenvalue weighted by Crippen LogP contribution is -1.99. The van der Waals surface area contributed by atoms with E-state index in [2.05, 4.69) is 49.0 Å². The van der Waals surface area contributed by atoms with E-state index in [4.69, 9.17) is 0 Å². The highest BCUT2D eigenvalue weighted by atomic mass is 127. The molecule has 0 aromatic rings. The van der Waals surface area contributed by atoms with Gasteiger partial charge in [-0.1, -0.05) is 41.9 Å². The van der Waals surface area contributed by atoms with Gasteiger partial charge < -0.3 is 0 Å². The van der Waals surface area contributed by atoms with Crippen LogP contribution in [0, 0.1) is 11.8 Å². The average Bonchev–Trinajstić information content (AvgIpc) is 2.84. The number of hydrogen-bond donors (Lipinski definition) is 1. The minimum absolute atomic E-state index is 1.11. The molecular weight excluding hydrogens is 388 g/mol. The van der Waals surface area contributed by atoms with E-state index in [1.807, 2.05) is 0 Å². The third-order valence-corrected chi connectivity index (χ3v) is 4.06. The monoisotopic (exact) mass is 407 g/mol. The van der Waals surface area contributed by atoms with Crippen LogP contribution in [0.15, 0.2) is 0 Å². The Morgan fingerprint density at radius 2 is 1.85 bits per heavy atom. The molecule has 3 heteroatoms. The van der Waals surface area contributed by atoms with Gasteiger partial charge in [0, 0.05) is 29.4 Å². The van der Waals surface area contributed by atoms with Crippen molar-refractivity contribution in [1.29, 1.82) is 0 Å². The van der Waals surface area contributed by atoms with Crippen LogP contribution in [-0.2, 0) is 0 Å². The topological polar surface area (TPSA) is 12.0 Å². The Bertz CT molecular complexity index is 130. The maximum absolute atomic E-state index is 3.17. The average molecular weight is 407 g/mol. The zero-order valence-electron chi connectivity index (χ0n) is 8.07. The van der Waals surface area contributed by atoms with Crippen LogP contribution in [0.3, 0.4) is 0 Å². The highest BCUT2D eigenvalue weighted by Gasteiger charge is 2.34. The quantitative estimate of drug-likeness (QED) is 0.278. The second-order valence-corrected chi connectivity index (χ2v) is 5.81. The van der Waals surface area contributed by atoms with E-state index in [9.17, 15) is 0 Å². The van der Waals surface area contributed by atoms with Crippen LogP contribution in [0.4, 0.5) is 0 Å². The first-order valence-electron chi connectivity index (χ1n) is 5.28. The maximum atomic E-state index is 3.17.